The van der Waals surface area contributed by atoms with Gasteiger partial charge in [0.25, 0.3) is 5.91 Å². The molecule has 7 heteroatoms. The standard InChI is InChI=1S/C19H18FN3O2S/c1-11-4-9-16(25-3)15(10-11)23-18(24)17-12(2)21-19(26-17)22-14-7-5-13(20)6-8-14/h4-10H,1-3H3,(H,21,22)(H,23,24). The van der Waals surface area contributed by atoms with E-state index < -0.39 is 0 Å². The minimum absolute atomic E-state index is 0.254. The van der Waals surface area contributed by atoms with Gasteiger partial charge in [0.15, 0.2) is 5.13 Å². The Morgan fingerprint density at radius 3 is 2.58 bits per heavy atom. The Bertz CT molecular complexity index is 938. The van der Waals surface area contributed by atoms with Crippen molar-refractivity contribution in [3.05, 3.63) is 64.4 Å². The van der Waals surface area contributed by atoms with Gasteiger partial charge in [-0.1, -0.05) is 17.4 Å². The van der Waals surface area contributed by atoms with Crippen molar-refractivity contribution in [1.29, 1.82) is 0 Å². The number of thiazole rings is 1. The summed E-state index contributed by atoms with van der Waals surface area (Å²) in [4.78, 5) is 17.5. The summed E-state index contributed by atoms with van der Waals surface area (Å²) in [6.45, 7) is 3.71. The number of carbonyl (C=O) groups is 1. The Hall–Kier alpha value is -2.93. The third kappa shape index (κ3) is 4.00. The predicted octanol–water partition coefficient (Wildman–Crippen LogP) is 4.90. The van der Waals surface area contributed by atoms with Gasteiger partial charge >= 0.3 is 0 Å². The van der Waals surface area contributed by atoms with E-state index in [-0.39, 0.29) is 11.7 Å². The lowest BCUT2D eigenvalue weighted by Crippen LogP contribution is -2.12. The van der Waals surface area contributed by atoms with E-state index in [0.717, 1.165) is 5.56 Å². The van der Waals surface area contributed by atoms with Crippen molar-refractivity contribution in [2.45, 2.75) is 13.8 Å². The average Bonchev–Trinajstić information content (AvgIpc) is 2.97. The van der Waals surface area contributed by atoms with Gasteiger partial charge in [0.2, 0.25) is 0 Å². The molecule has 2 aromatic carbocycles. The van der Waals surface area contributed by atoms with E-state index in [0.29, 0.717) is 32.8 Å². The van der Waals surface area contributed by atoms with E-state index >= 15 is 0 Å². The van der Waals surface area contributed by atoms with Crippen LogP contribution in [-0.2, 0) is 0 Å². The number of methoxy groups -OCH3 is 1. The fourth-order valence-corrected chi connectivity index (χ4v) is 3.30. The number of hydrogen-bond acceptors (Lipinski definition) is 5. The molecule has 0 fully saturated rings. The molecule has 0 unspecified atom stereocenters. The van der Waals surface area contributed by atoms with Crippen LogP contribution in [0.15, 0.2) is 42.5 Å². The lowest BCUT2D eigenvalue weighted by molar-refractivity contribution is 0.102. The number of amides is 1. The minimum Gasteiger partial charge on any atom is -0.495 e. The second kappa shape index (κ2) is 7.53. The topological polar surface area (TPSA) is 63.2 Å². The smallest absolute Gasteiger partial charge is 0.267 e. The van der Waals surface area contributed by atoms with Crippen molar-refractivity contribution in [1.82, 2.24) is 4.98 Å². The number of aryl methyl sites for hydroxylation is 2. The lowest BCUT2D eigenvalue weighted by Gasteiger charge is -2.10. The molecule has 0 aliphatic rings. The molecule has 26 heavy (non-hydrogen) atoms. The molecule has 0 aliphatic heterocycles. The van der Waals surface area contributed by atoms with Gasteiger partial charge in [0.05, 0.1) is 18.5 Å². The van der Waals surface area contributed by atoms with Crippen LogP contribution < -0.4 is 15.4 Å². The van der Waals surface area contributed by atoms with Crippen LogP contribution in [0.3, 0.4) is 0 Å². The van der Waals surface area contributed by atoms with E-state index in [2.05, 4.69) is 15.6 Å². The Kier molecular flexibility index (Phi) is 5.18. The highest BCUT2D eigenvalue weighted by atomic mass is 32.1. The fraction of sp³-hybridized carbons (Fsp3) is 0.158. The van der Waals surface area contributed by atoms with Gasteiger partial charge in [0.1, 0.15) is 16.4 Å². The van der Waals surface area contributed by atoms with Crippen molar-refractivity contribution in [3.8, 4) is 5.75 Å². The second-order valence-corrected chi connectivity index (χ2v) is 6.72. The van der Waals surface area contributed by atoms with Crippen molar-refractivity contribution in [3.63, 3.8) is 0 Å². The summed E-state index contributed by atoms with van der Waals surface area (Å²) < 4.78 is 18.3. The molecule has 0 radical (unpaired) electrons. The maximum absolute atomic E-state index is 13.0. The van der Waals surface area contributed by atoms with Gasteiger partial charge in [-0.05, 0) is 55.8 Å². The van der Waals surface area contributed by atoms with Crippen LogP contribution in [0.25, 0.3) is 0 Å². The summed E-state index contributed by atoms with van der Waals surface area (Å²) in [7, 11) is 1.56. The highest BCUT2D eigenvalue weighted by Gasteiger charge is 2.17. The summed E-state index contributed by atoms with van der Waals surface area (Å²) in [6.07, 6.45) is 0. The minimum atomic E-state index is -0.307. The number of rotatable bonds is 5. The molecule has 0 saturated carbocycles. The molecule has 1 heterocycles. The molecule has 134 valence electrons. The number of aromatic nitrogens is 1. The normalized spacial score (nSPS) is 10.5. The predicted molar refractivity (Wildman–Crippen MR) is 102 cm³/mol. The van der Waals surface area contributed by atoms with E-state index in [1.807, 2.05) is 25.1 Å². The van der Waals surface area contributed by atoms with E-state index in [9.17, 15) is 9.18 Å². The van der Waals surface area contributed by atoms with Gasteiger partial charge in [-0.25, -0.2) is 9.37 Å². The van der Waals surface area contributed by atoms with E-state index in [1.54, 1.807) is 26.2 Å². The van der Waals surface area contributed by atoms with E-state index in [4.69, 9.17) is 4.74 Å². The first-order valence-corrected chi connectivity index (χ1v) is 8.74. The zero-order valence-electron chi connectivity index (χ0n) is 14.6. The second-order valence-electron chi connectivity index (χ2n) is 5.72. The number of hydrogen-bond donors (Lipinski definition) is 2. The number of anilines is 3. The summed E-state index contributed by atoms with van der Waals surface area (Å²) in [5, 5.41) is 6.52. The molecule has 3 aromatic rings. The van der Waals surface area contributed by atoms with Crippen molar-refractivity contribution in [2.75, 3.05) is 17.7 Å². The van der Waals surface area contributed by atoms with Crippen LogP contribution in [0.5, 0.6) is 5.75 Å². The first-order chi connectivity index (χ1) is 12.5. The summed E-state index contributed by atoms with van der Waals surface area (Å²) >= 11 is 1.23. The van der Waals surface area contributed by atoms with Crippen LogP contribution in [-0.4, -0.2) is 18.0 Å². The Morgan fingerprint density at radius 2 is 1.88 bits per heavy atom. The van der Waals surface area contributed by atoms with Crippen molar-refractivity contribution < 1.29 is 13.9 Å². The zero-order valence-corrected chi connectivity index (χ0v) is 15.4. The number of carbonyl (C=O) groups excluding carboxylic acids is 1. The van der Waals surface area contributed by atoms with Crippen molar-refractivity contribution >= 4 is 33.8 Å². The molecule has 0 saturated heterocycles. The monoisotopic (exact) mass is 371 g/mol. The number of halogens is 1. The van der Waals surface area contributed by atoms with Crippen LogP contribution in [0.4, 0.5) is 20.9 Å². The Labute approximate surface area is 154 Å². The van der Waals surface area contributed by atoms with Gasteiger partial charge in [-0.2, -0.15) is 0 Å². The molecular weight excluding hydrogens is 353 g/mol. The van der Waals surface area contributed by atoms with Gasteiger partial charge < -0.3 is 15.4 Å². The average molecular weight is 371 g/mol. The molecule has 1 amide bonds. The maximum atomic E-state index is 13.0. The van der Waals surface area contributed by atoms with Crippen LogP contribution >= 0.6 is 11.3 Å². The number of nitrogens with zero attached hydrogens (tertiary/aromatic N) is 1. The molecule has 0 spiro atoms. The molecule has 5 nitrogen and oxygen atoms in total. The largest absolute Gasteiger partial charge is 0.495 e. The van der Waals surface area contributed by atoms with Gasteiger partial charge in [-0.15, -0.1) is 0 Å². The van der Waals surface area contributed by atoms with Crippen LogP contribution in [0.2, 0.25) is 0 Å². The highest BCUT2D eigenvalue weighted by Crippen LogP contribution is 2.29. The lowest BCUT2D eigenvalue weighted by atomic mass is 10.2. The molecule has 1 aromatic heterocycles. The molecule has 0 aliphatic carbocycles. The van der Waals surface area contributed by atoms with Crippen LogP contribution in [0.1, 0.15) is 20.9 Å². The van der Waals surface area contributed by atoms with Gasteiger partial charge in [0, 0.05) is 5.69 Å². The molecule has 3 rings (SSSR count). The first kappa shape index (κ1) is 17.9. The van der Waals surface area contributed by atoms with E-state index in [1.165, 1.54) is 23.5 Å². The quantitative estimate of drug-likeness (QED) is 0.669. The third-order valence-corrected chi connectivity index (χ3v) is 4.77. The van der Waals surface area contributed by atoms with Gasteiger partial charge in [-0.3, -0.25) is 4.79 Å². The Balaban J connectivity index is 1.79. The van der Waals surface area contributed by atoms with Crippen LogP contribution in [0, 0.1) is 19.7 Å². The maximum Gasteiger partial charge on any atom is 0.267 e. The zero-order chi connectivity index (χ0) is 18.7. The fourth-order valence-electron chi connectivity index (χ4n) is 2.42. The number of benzene rings is 2. The number of ether oxygens (including phenoxy) is 1. The first-order valence-electron chi connectivity index (χ1n) is 7.92. The SMILES string of the molecule is COc1ccc(C)cc1NC(=O)c1sc(Nc2ccc(F)cc2)nc1C. The summed E-state index contributed by atoms with van der Waals surface area (Å²) in [6, 6.07) is 11.5. The number of nitrogens with one attached hydrogen (secondary N) is 2. The van der Waals surface area contributed by atoms with Crippen molar-refractivity contribution in [2.24, 2.45) is 0 Å². The summed E-state index contributed by atoms with van der Waals surface area (Å²) in [5.74, 6) is 0.0323. The summed E-state index contributed by atoms with van der Waals surface area (Å²) in [5.41, 5.74) is 2.94. The molecule has 0 atom stereocenters. The Morgan fingerprint density at radius 1 is 1.15 bits per heavy atom. The highest BCUT2D eigenvalue weighted by molar-refractivity contribution is 7.17. The molecule has 2 N–H and O–H groups in total. The molecule has 0 bridgehead atoms. The molecular formula is C19H18FN3O2S. The third-order valence-electron chi connectivity index (χ3n) is 3.70.